The normalized spacial score (nSPS) is 42.1. The van der Waals surface area contributed by atoms with Crippen LogP contribution in [0.2, 0.25) is 0 Å². The Morgan fingerprint density at radius 1 is 1.04 bits per heavy atom. The summed E-state index contributed by atoms with van der Waals surface area (Å²) in [4.78, 5) is 54.2. The summed E-state index contributed by atoms with van der Waals surface area (Å²) in [5.41, 5.74) is -3.47. The van der Waals surface area contributed by atoms with Gasteiger partial charge in [0.15, 0.2) is 11.6 Å². The van der Waals surface area contributed by atoms with Crippen LogP contribution < -0.4 is 5.32 Å². The number of carbonyl (C=O) groups is 4. The molecule has 0 saturated heterocycles. The lowest BCUT2D eigenvalue weighted by atomic mass is 9.32. The number of fused-ring (bicyclic) bond motifs is 7. The first kappa shape index (κ1) is 34.1. The number of amides is 2. The number of nitriles is 1. The molecular weight excluding hydrogens is 606 g/mol. The van der Waals surface area contributed by atoms with Crippen molar-refractivity contribution < 1.29 is 29.4 Å². The number of benzene rings is 1. The predicted octanol–water partition coefficient (Wildman–Crippen LogP) is 6.01. The smallest absolute Gasteiger partial charge is 0.405 e. The number of rotatable bonds is 5. The Morgan fingerprint density at radius 2 is 1.71 bits per heavy atom. The van der Waals surface area contributed by atoms with Crippen LogP contribution in [0, 0.1) is 56.2 Å². The maximum absolute atomic E-state index is 14.7. The first-order valence-electron chi connectivity index (χ1n) is 17.3. The Hall–Kier alpha value is -3.77. The van der Waals surface area contributed by atoms with Crippen molar-refractivity contribution in [3.63, 3.8) is 0 Å². The first-order valence-corrected chi connectivity index (χ1v) is 17.3. The lowest BCUT2D eigenvalue weighted by Gasteiger charge is -2.71. The van der Waals surface area contributed by atoms with Crippen molar-refractivity contribution in [3.8, 4) is 6.07 Å². The quantitative estimate of drug-likeness (QED) is 0.352. The molecule has 1 aromatic rings. The zero-order chi connectivity index (χ0) is 35.1. The van der Waals surface area contributed by atoms with E-state index in [0.29, 0.717) is 31.2 Å². The molecule has 0 radical (unpaired) electrons. The minimum atomic E-state index is -1.82. The van der Waals surface area contributed by atoms with Crippen molar-refractivity contribution in [3.05, 3.63) is 59.7 Å². The molecule has 5 aliphatic rings. The third-order valence-electron chi connectivity index (χ3n) is 14.3. The molecule has 3 N–H and O–H groups in total. The molecule has 256 valence electrons. The molecule has 9 heteroatoms. The van der Waals surface area contributed by atoms with Gasteiger partial charge in [-0.15, -0.1) is 0 Å². The molecule has 5 aliphatic carbocycles. The summed E-state index contributed by atoms with van der Waals surface area (Å²) >= 11 is 0. The molecule has 3 saturated carbocycles. The summed E-state index contributed by atoms with van der Waals surface area (Å²) < 4.78 is 0. The SMILES string of the molecule is CN(CC1(C)CCC2(C)CCC3(C)C4(C)CCC5CC(=O)C=CC5(C)C4=CC(=O)C3(O)C2C1C#N)C(=O)C(NC(=O)O)c1ccccc1. The molecule has 0 heterocycles. The molecule has 2 amide bonds. The monoisotopic (exact) mass is 655 g/mol. The number of nitrogens with one attached hydrogen (secondary N) is 1. The number of ketones is 2. The summed E-state index contributed by atoms with van der Waals surface area (Å²) in [7, 11) is 1.62. The fraction of sp³-hybridized carbons (Fsp3) is 0.615. The van der Waals surface area contributed by atoms with Gasteiger partial charge in [0.2, 0.25) is 5.91 Å². The average molecular weight is 656 g/mol. The number of nitrogens with zero attached hydrogens (tertiary/aromatic N) is 2. The van der Waals surface area contributed by atoms with Crippen LogP contribution >= 0.6 is 0 Å². The molecule has 6 rings (SSSR count). The van der Waals surface area contributed by atoms with Crippen LogP contribution in [0.25, 0.3) is 0 Å². The van der Waals surface area contributed by atoms with Gasteiger partial charge in [0, 0.05) is 42.2 Å². The van der Waals surface area contributed by atoms with E-state index in [1.54, 1.807) is 49.5 Å². The summed E-state index contributed by atoms with van der Waals surface area (Å²) in [5, 5.41) is 36.2. The van der Waals surface area contributed by atoms with Gasteiger partial charge in [-0.3, -0.25) is 14.4 Å². The zero-order valence-corrected chi connectivity index (χ0v) is 29.0. The van der Waals surface area contributed by atoms with Crippen LogP contribution in [-0.4, -0.2) is 57.9 Å². The molecule has 10 atom stereocenters. The van der Waals surface area contributed by atoms with Crippen molar-refractivity contribution in [2.24, 2.45) is 44.8 Å². The maximum atomic E-state index is 14.7. The van der Waals surface area contributed by atoms with Gasteiger partial charge in [-0.1, -0.05) is 71.0 Å². The summed E-state index contributed by atoms with van der Waals surface area (Å²) in [6.07, 6.45) is 8.64. The standard InChI is InChI=1S/C39H49N3O6/c1-34-16-17-35(2,23-42(6)32(45)30(41-33(46)47)24-10-8-7-9-11-24)27(22-40)31(34)39(48)29(44)21-28-36(3)14-13-26(43)20-25(36)12-15-37(28,4)38(39,5)19-18-34/h7-11,13-14,21,25,27,30-31,41,48H,12,15-20,23H2,1-6H3,(H,46,47). The topological polar surface area (TPSA) is 148 Å². The van der Waals surface area contributed by atoms with Gasteiger partial charge in [0.1, 0.15) is 11.6 Å². The van der Waals surface area contributed by atoms with E-state index in [9.17, 15) is 34.7 Å². The van der Waals surface area contributed by atoms with Crippen LogP contribution in [-0.2, 0) is 14.4 Å². The third-order valence-corrected chi connectivity index (χ3v) is 14.3. The van der Waals surface area contributed by atoms with Crippen molar-refractivity contribution >= 4 is 23.6 Å². The van der Waals surface area contributed by atoms with E-state index in [-0.39, 0.29) is 24.0 Å². The van der Waals surface area contributed by atoms with E-state index >= 15 is 0 Å². The molecule has 9 nitrogen and oxygen atoms in total. The number of carboxylic acid groups (broad SMARTS) is 1. The second kappa shape index (κ2) is 11.1. The maximum Gasteiger partial charge on any atom is 0.405 e. The molecule has 48 heavy (non-hydrogen) atoms. The van der Waals surface area contributed by atoms with Crippen LogP contribution in [0.3, 0.4) is 0 Å². The van der Waals surface area contributed by atoms with E-state index in [1.165, 1.54) is 4.90 Å². The molecular formula is C39H49N3O6. The molecule has 0 aliphatic heterocycles. The van der Waals surface area contributed by atoms with Crippen molar-refractivity contribution in [1.29, 1.82) is 5.26 Å². The summed E-state index contributed by atoms with van der Waals surface area (Å²) in [6, 6.07) is 10.1. The van der Waals surface area contributed by atoms with Gasteiger partial charge >= 0.3 is 6.09 Å². The van der Waals surface area contributed by atoms with Gasteiger partial charge in [-0.05, 0) is 78.6 Å². The highest BCUT2D eigenvalue weighted by Crippen LogP contribution is 2.75. The van der Waals surface area contributed by atoms with Crippen LogP contribution in [0.4, 0.5) is 4.79 Å². The van der Waals surface area contributed by atoms with Crippen molar-refractivity contribution in [2.45, 2.75) is 91.2 Å². The van der Waals surface area contributed by atoms with Crippen LogP contribution in [0.15, 0.2) is 54.1 Å². The summed E-state index contributed by atoms with van der Waals surface area (Å²) in [6.45, 7) is 10.6. The number of likely N-dealkylation sites (N-methyl/N-ethyl adjacent to an activating group) is 1. The first-order chi connectivity index (χ1) is 22.4. The second-order valence-corrected chi connectivity index (χ2v) is 16.8. The highest BCUT2D eigenvalue weighted by molar-refractivity contribution is 6.01. The van der Waals surface area contributed by atoms with E-state index < -0.39 is 62.6 Å². The van der Waals surface area contributed by atoms with Gasteiger partial charge in [0.05, 0.1) is 12.0 Å². The molecule has 0 aromatic heterocycles. The van der Waals surface area contributed by atoms with E-state index in [1.807, 2.05) is 13.0 Å². The Bertz CT molecular complexity index is 1660. The van der Waals surface area contributed by atoms with Crippen molar-refractivity contribution in [1.82, 2.24) is 10.2 Å². The zero-order valence-electron chi connectivity index (χ0n) is 29.0. The second-order valence-electron chi connectivity index (χ2n) is 16.8. The predicted molar refractivity (Wildman–Crippen MR) is 179 cm³/mol. The van der Waals surface area contributed by atoms with Gasteiger partial charge in [0.25, 0.3) is 0 Å². The van der Waals surface area contributed by atoms with Crippen LogP contribution in [0.5, 0.6) is 0 Å². The number of hydrogen-bond acceptors (Lipinski definition) is 6. The highest BCUT2D eigenvalue weighted by Gasteiger charge is 2.76. The van der Waals surface area contributed by atoms with E-state index in [0.717, 1.165) is 24.8 Å². The Balaban J connectivity index is 1.39. The Labute approximate surface area is 283 Å². The van der Waals surface area contributed by atoms with E-state index in [2.05, 4.69) is 39.1 Å². The summed E-state index contributed by atoms with van der Waals surface area (Å²) in [5.74, 6) is -2.05. The number of aliphatic hydroxyl groups is 1. The molecule has 3 fully saturated rings. The van der Waals surface area contributed by atoms with Crippen LogP contribution in [0.1, 0.15) is 91.2 Å². The molecule has 1 aromatic carbocycles. The average Bonchev–Trinajstić information content (AvgIpc) is 3.04. The van der Waals surface area contributed by atoms with E-state index in [4.69, 9.17) is 0 Å². The van der Waals surface area contributed by atoms with Gasteiger partial charge in [-0.2, -0.15) is 5.26 Å². The lowest BCUT2D eigenvalue weighted by Crippen LogP contribution is -2.75. The Kier molecular flexibility index (Phi) is 7.91. The fourth-order valence-corrected chi connectivity index (χ4v) is 11.2. The van der Waals surface area contributed by atoms with Gasteiger partial charge < -0.3 is 20.4 Å². The fourth-order valence-electron chi connectivity index (χ4n) is 11.2. The largest absolute Gasteiger partial charge is 0.465 e. The minimum absolute atomic E-state index is 0.0963. The molecule has 0 spiro atoms. The minimum Gasteiger partial charge on any atom is -0.465 e. The number of allylic oxidation sites excluding steroid dienone is 3. The number of hydrogen-bond donors (Lipinski definition) is 3. The molecule has 10 unspecified atom stereocenters. The highest BCUT2D eigenvalue weighted by atomic mass is 16.4. The lowest BCUT2D eigenvalue weighted by molar-refractivity contribution is -0.252. The van der Waals surface area contributed by atoms with Crippen molar-refractivity contribution in [2.75, 3.05) is 13.6 Å². The Morgan fingerprint density at radius 3 is 2.35 bits per heavy atom. The third kappa shape index (κ3) is 4.58. The number of carbonyl (C=O) groups excluding carboxylic acids is 3. The molecule has 0 bridgehead atoms. The van der Waals surface area contributed by atoms with Gasteiger partial charge in [-0.25, -0.2) is 4.79 Å².